The number of benzene rings is 3. The van der Waals surface area contributed by atoms with Gasteiger partial charge in [-0.05, 0) is 98.2 Å². The zero-order chi connectivity index (χ0) is 35.3. The van der Waals surface area contributed by atoms with Crippen molar-refractivity contribution in [3.8, 4) is 16.9 Å². The molecule has 1 aliphatic carbocycles. The van der Waals surface area contributed by atoms with Crippen LogP contribution in [-0.4, -0.2) is 45.2 Å². The average molecular weight is 677 g/mol. The number of carbonyl (C=O) groups is 2. The summed E-state index contributed by atoms with van der Waals surface area (Å²) >= 11 is 0. The van der Waals surface area contributed by atoms with Gasteiger partial charge >= 0.3 is 12.1 Å². The summed E-state index contributed by atoms with van der Waals surface area (Å²) in [6.45, 7) is 9.95. The highest BCUT2D eigenvalue weighted by molar-refractivity contribution is 5.89. The Kier molecular flexibility index (Phi) is 12.9. The van der Waals surface area contributed by atoms with Crippen molar-refractivity contribution in [2.75, 3.05) is 11.9 Å². The molecule has 0 aliphatic heterocycles. The molecule has 3 amide bonds. The van der Waals surface area contributed by atoms with Gasteiger partial charge in [0.2, 0.25) is 0 Å². The van der Waals surface area contributed by atoms with Crippen molar-refractivity contribution in [1.29, 1.82) is 0 Å². The van der Waals surface area contributed by atoms with Gasteiger partial charge in [0, 0.05) is 43.8 Å². The molecule has 0 unspecified atom stereocenters. The fourth-order valence-corrected chi connectivity index (χ4v) is 6.16. The number of anilines is 1. The number of carbonyl (C=O) groups excluding carboxylic acids is 2. The van der Waals surface area contributed by atoms with Crippen molar-refractivity contribution in [1.82, 2.24) is 14.8 Å². The molecule has 0 saturated heterocycles. The molecule has 264 valence electrons. The maximum atomic E-state index is 13.6. The molecule has 8 nitrogen and oxygen atoms in total. The predicted octanol–water partition coefficient (Wildman–Crippen LogP) is 10.2. The van der Waals surface area contributed by atoms with Crippen LogP contribution in [0.5, 0.6) is 5.75 Å². The molecule has 3 aromatic carbocycles. The molecule has 4 aromatic rings. The molecule has 1 N–H and O–H groups in total. The summed E-state index contributed by atoms with van der Waals surface area (Å²) in [7, 11) is 0. The quantitative estimate of drug-likeness (QED) is 0.143. The lowest BCUT2D eigenvalue weighted by molar-refractivity contribution is 0.00988. The van der Waals surface area contributed by atoms with Crippen LogP contribution in [0.3, 0.4) is 0 Å². The summed E-state index contributed by atoms with van der Waals surface area (Å²) in [4.78, 5) is 34.7. The molecule has 50 heavy (non-hydrogen) atoms. The van der Waals surface area contributed by atoms with Crippen LogP contribution in [0.1, 0.15) is 89.3 Å². The van der Waals surface area contributed by atoms with Crippen molar-refractivity contribution in [3.63, 3.8) is 0 Å². The van der Waals surface area contributed by atoms with Crippen LogP contribution in [-0.2, 0) is 24.4 Å². The first-order chi connectivity index (χ1) is 24.2. The summed E-state index contributed by atoms with van der Waals surface area (Å²) in [5.41, 5.74) is 5.40. The monoisotopic (exact) mass is 676 g/mol. The van der Waals surface area contributed by atoms with Gasteiger partial charge in [0.05, 0.1) is 6.61 Å². The molecule has 1 saturated carbocycles. The lowest BCUT2D eigenvalue weighted by Crippen LogP contribution is -2.43. The third-order valence-corrected chi connectivity index (χ3v) is 8.87. The number of pyridine rings is 1. The number of amides is 3. The second-order valence-electron chi connectivity index (χ2n) is 14.2. The van der Waals surface area contributed by atoms with Crippen LogP contribution in [0.4, 0.5) is 15.3 Å². The van der Waals surface area contributed by atoms with Crippen LogP contribution in [0.25, 0.3) is 11.1 Å². The van der Waals surface area contributed by atoms with Gasteiger partial charge in [-0.15, -0.1) is 0 Å². The van der Waals surface area contributed by atoms with E-state index in [-0.39, 0.29) is 18.2 Å². The molecule has 1 aromatic heterocycles. The molecule has 5 rings (SSSR count). The van der Waals surface area contributed by atoms with Crippen LogP contribution in [0.15, 0.2) is 97.3 Å². The Hall–Kier alpha value is -4.85. The Labute approximate surface area is 297 Å². The van der Waals surface area contributed by atoms with Crippen LogP contribution < -0.4 is 10.1 Å². The summed E-state index contributed by atoms with van der Waals surface area (Å²) < 4.78 is 11.6. The van der Waals surface area contributed by atoms with Gasteiger partial charge in [-0.25, -0.2) is 9.59 Å². The molecular weight excluding hydrogens is 624 g/mol. The first-order valence-corrected chi connectivity index (χ1v) is 18.0. The SMILES string of the molecule is CCCCOc1ccc(NC(=O)N(Cc2ccc(-c3ccc(CN(C(=O)OC(C)(C)C)C4CCCCC4)cc3)cc2)Cc2cccnc2)cc1. The van der Waals surface area contributed by atoms with Crippen molar-refractivity contribution >= 4 is 17.8 Å². The molecule has 0 atom stereocenters. The molecular formula is C42H52N4O4. The first kappa shape index (κ1) is 36.4. The highest BCUT2D eigenvalue weighted by Crippen LogP contribution is 2.28. The number of unbranched alkanes of at least 4 members (excludes halogenated alkanes) is 1. The van der Waals surface area contributed by atoms with Gasteiger partial charge in [-0.1, -0.05) is 87.2 Å². The summed E-state index contributed by atoms with van der Waals surface area (Å²) in [6, 6.07) is 28.1. The van der Waals surface area contributed by atoms with Crippen LogP contribution in [0, 0.1) is 0 Å². The molecule has 1 fully saturated rings. The normalized spacial score (nSPS) is 13.4. The predicted molar refractivity (Wildman–Crippen MR) is 200 cm³/mol. The molecule has 8 heteroatoms. The first-order valence-electron chi connectivity index (χ1n) is 18.0. The molecule has 1 aliphatic rings. The van der Waals surface area contributed by atoms with Gasteiger partial charge in [-0.2, -0.15) is 0 Å². The lowest BCUT2D eigenvalue weighted by Gasteiger charge is -2.35. The van der Waals surface area contributed by atoms with E-state index in [1.165, 1.54) is 6.42 Å². The number of aromatic nitrogens is 1. The molecule has 0 spiro atoms. The average Bonchev–Trinajstić information content (AvgIpc) is 3.12. The number of hydrogen-bond donors (Lipinski definition) is 1. The number of hydrogen-bond acceptors (Lipinski definition) is 5. The summed E-state index contributed by atoms with van der Waals surface area (Å²) in [5.74, 6) is 0.792. The van der Waals surface area contributed by atoms with Crippen molar-refractivity contribution in [3.05, 3.63) is 114 Å². The fourth-order valence-electron chi connectivity index (χ4n) is 6.16. The standard InChI is InChI=1S/C42H52N4O4/c1-5-6-27-49-39-24-22-37(23-25-39)44-40(47)45(30-34-11-10-26-43-28-34)29-32-14-18-35(19-15-32)36-20-16-33(17-21-36)31-46(38-12-8-7-9-13-38)41(48)50-42(2,3)4/h10-11,14-26,28,38H,5-9,12-13,27,29-31H2,1-4H3,(H,44,47). The topological polar surface area (TPSA) is 84.0 Å². The lowest BCUT2D eigenvalue weighted by atomic mass is 9.94. The van der Waals surface area contributed by atoms with Gasteiger partial charge < -0.3 is 24.6 Å². The maximum Gasteiger partial charge on any atom is 0.410 e. The summed E-state index contributed by atoms with van der Waals surface area (Å²) in [6.07, 6.45) is 10.9. The van der Waals surface area contributed by atoms with Gasteiger partial charge in [-0.3, -0.25) is 4.98 Å². The smallest absolute Gasteiger partial charge is 0.410 e. The van der Waals surface area contributed by atoms with E-state index in [0.29, 0.717) is 31.9 Å². The second-order valence-corrected chi connectivity index (χ2v) is 14.2. The van der Waals surface area contributed by atoms with E-state index in [9.17, 15) is 9.59 Å². The molecule has 1 heterocycles. The van der Waals surface area contributed by atoms with Gasteiger partial charge in [0.25, 0.3) is 0 Å². The molecule has 0 bridgehead atoms. The van der Waals surface area contributed by atoms with Gasteiger partial charge in [0.1, 0.15) is 11.4 Å². The van der Waals surface area contributed by atoms with Crippen LogP contribution >= 0.6 is 0 Å². The Balaban J connectivity index is 1.24. The highest BCUT2D eigenvalue weighted by Gasteiger charge is 2.29. The van der Waals surface area contributed by atoms with E-state index in [1.54, 1.807) is 17.3 Å². The van der Waals surface area contributed by atoms with Crippen molar-refractivity contribution in [2.45, 2.75) is 104 Å². The van der Waals surface area contributed by atoms with E-state index < -0.39 is 5.60 Å². The minimum absolute atomic E-state index is 0.193. The van der Waals surface area contributed by atoms with Crippen molar-refractivity contribution < 1.29 is 19.1 Å². The zero-order valence-corrected chi connectivity index (χ0v) is 30.1. The number of nitrogens with zero attached hydrogens (tertiary/aromatic N) is 3. The summed E-state index contributed by atoms with van der Waals surface area (Å²) in [5, 5.41) is 3.05. The fraction of sp³-hybridized carbons (Fsp3) is 0.405. The van der Waals surface area contributed by atoms with Crippen LogP contribution in [0.2, 0.25) is 0 Å². The Morgan fingerprint density at radius 1 is 0.800 bits per heavy atom. The number of nitrogens with one attached hydrogen (secondary N) is 1. The Morgan fingerprint density at radius 2 is 1.42 bits per heavy atom. The largest absolute Gasteiger partial charge is 0.494 e. The van der Waals surface area contributed by atoms with E-state index in [4.69, 9.17) is 9.47 Å². The van der Waals surface area contributed by atoms with Gasteiger partial charge in [0.15, 0.2) is 0 Å². The third kappa shape index (κ3) is 11.1. The van der Waals surface area contributed by atoms with E-state index >= 15 is 0 Å². The van der Waals surface area contributed by atoms with E-state index in [1.807, 2.05) is 62.1 Å². The van der Waals surface area contributed by atoms with E-state index in [0.717, 1.165) is 72.1 Å². The molecule has 0 radical (unpaired) electrons. The number of ether oxygens (including phenoxy) is 2. The number of urea groups is 1. The Morgan fingerprint density at radius 3 is 2.00 bits per heavy atom. The zero-order valence-electron chi connectivity index (χ0n) is 30.1. The highest BCUT2D eigenvalue weighted by atomic mass is 16.6. The number of rotatable bonds is 13. The van der Waals surface area contributed by atoms with Crippen molar-refractivity contribution in [2.24, 2.45) is 0 Å². The van der Waals surface area contributed by atoms with E-state index in [2.05, 4.69) is 65.8 Å². The second kappa shape index (κ2) is 17.7. The maximum absolute atomic E-state index is 13.6. The minimum Gasteiger partial charge on any atom is -0.494 e. The third-order valence-electron chi connectivity index (χ3n) is 8.87. The Bertz CT molecular complexity index is 1630. The minimum atomic E-state index is -0.533.